The third-order valence-corrected chi connectivity index (χ3v) is 3.31. The highest BCUT2D eigenvalue weighted by atomic mass is 16.5. The van der Waals surface area contributed by atoms with Crippen molar-refractivity contribution in [3.8, 4) is 0 Å². The summed E-state index contributed by atoms with van der Waals surface area (Å²) in [6.45, 7) is 6.98. The van der Waals surface area contributed by atoms with Gasteiger partial charge >= 0.3 is 0 Å². The lowest BCUT2D eigenvalue weighted by molar-refractivity contribution is -0.204. The molecule has 0 radical (unpaired) electrons. The lowest BCUT2D eigenvalue weighted by Gasteiger charge is -2.40. The Morgan fingerprint density at radius 2 is 1.72 bits per heavy atom. The zero-order chi connectivity index (χ0) is 14.3. The lowest BCUT2D eigenvalue weighted by atomic mass is 9.86. The van der Waals surface area contributed by atoms with E-state index in [0.717, 1.165) is 6.42 Å². The maximum atomic E-state index is 9.81. The van der Waals surface area contributed by atoms with E-state index in [1.54, 1.807) is 6.92 Å². The molecule has 1 unspecified atom stereocenters. The van der Waals surface area contributed by atoms with Crippen LogP contribution in [0.1, 0.15) is 40.5 Å². The van der Waals surface area contributed by atoms with Gasteiger partial charge in [0, 0.05) is 12.3 Å². The summed E-state index contributed by atoms with van der Waals surface area (Å²) in [4.78, 5) is 9.81. The first-order valence-electron chi connectivity index (χ1n) is 6.50. The van der Waals surface area contributed by atoms with Crippen molar-refractivity contribution in [1.29, 1.82) is 0 Å². The standard InChI is InChI=1S/C9H18O4.C4H8O/c1-3-6-5(2)13-7(4-10)9(12)8(6)11;1-3-4(2)5/h5-12H,3-4H2,1-2H3;3H2,1-2H3/t5?,6-,7+,8+,9-;/m0./s1. The average Bonchev–Trinajstić information content (AvgIpc) is 2.35. The van der Waals surface area contributed by atoms with Crippen LogP contribution in [0.3, 0.4) is 0 Å². The van der Waals surface area contributed by atoms with Crippen molar-refractivity contribution in [3.05, 3.63) is 0 Å². The molecule has 5 atom stereocenters. The molecule has 0 aromatic heterocycles. The minimum atomic E-state index is -0.967. The molecular formula is C13H26O5. The van der Waals surface area contributed by atoms with Gasteiger partial charge in [-0.25, -0.2) is 0 Å². The van der Waals surface area contributed by atoms with Crippen LogP contribution >= 0.6 is 0 Å². The largest absolute Gasteiger partial charge is 0.394 e. The van der Waals surface area contributed by atoms with Gasteiger partial charge in [-0.15, -0.1) is 0 Å². The molecule has 5 heteroatoms. The minimum absolute atomic E-state index is 0.0437. The molecule has 18 heavy (non-hydrogen) atoms. The second kappa shape index (κ2) is 8.58. The number of rotatable bonds is 3. The molecule has 0 bridgehead atoms. The third-order valence-electron chi connectivity index (χ3n) is 3.31. The zero-order valence-corrected chi connectivity index (χ0v) is 11.7. The van der Waals surface area contributed by atoms with Gasteiger partial charge in [0.2, 0.25) is 0 Å². The van der Waals surface area contributed by atoms with Gasteiger partial charge in [-0.3, -0.25) is 0 Å². The third kappa shape index (κ3) is 5.02. The number of aliphatic hydroxyl groups is 3. The number of carbonyl (C=O) groups is 1. The molecule has 0 spiro atoms. The van der Waals surface area contributed by atoms with Gasteiger partial charge in [-0.2, -0.15) is 0 Å². The van der Waals surface area contributed by atoms with Crippen LogP contribution in [0.15, 0.2) is 0 Å². The molecule has 1 saturated heterocycles. The lowest BCUT2D eigenvalue weighted by Crippen LogP contribution is -2.54. The monoisotopic (exact) mass is 262 g/mol. The number of hydrogen-bond donors (Lipinski definition) is 3. The minimum Gasteiger partial charge on any atom is -0.394 e. The van der Waals surface area contributed by atoms with Crippen molar-refractivity contribution in [1.82, 2.24) is 0 Å². The Kier molecular flexibility index (Phi) is 8.35. The number of carbonyl (C=O) groups excluding carboxylic acids is 1. The summed E-state index contributed by atoms with van der Waals surface area (Å²) in [5.41, 5.74) is 0. The topological polar surface area (TPSA) is 87.0 Å². The Morgan fingerprint density at radius 1 is 1.22 bits per heavy atom. The summed E-state index contributed by atoms with van der Waals surface area (Å²) >= 11 is 0. The summed E-state index contributed by atoms with van der Waals surface area (Å²) < 4.78 is 5.36. The molecular weight excluding hydrogens is 236 g/mol. The van der Waals surface area contributed by atoms with E-state index >= 15 is 0 Å². The van der Waals surface area contributed by atoms with Crippen LogP contribution in [-0.4, -0.2) is 52.1 Å². The Morgan fingerprint density at radius 3 is 2.06 bits per heavy atom. The highest BCUT2D eigenvalue weighted by Gasteiger charge is 2.40. The summed E-state index contributed by atoms with van der Waals surface area (Å²) in [7, 11) is 0. The Balaban J connectivity index is 0.000000494. The first-order valence-corrected chi connectivity index (χ1v) is 6.50. The first-order chi connectivity index (χ1) is 8.38. The predicted octanol–water partition coefficient (Wildman–Crippen LogP) is 0.499. The van der Waals surface area contributed by atoms with Gasteiger partial charge in [0.1, 0.15) is 18.0 Å². The molecule has 0 aliphatic carbocycles. The predicted molar refractivity (Wildman–Crippen MR) is 68.2 cm³/mol. The highest BCUT2D eigenvalue weighted by molar-refractivity contribution is 5.74. The van der Waals surface area contributed by atoms with Gasteiger partial charge < -0.3 is 24.9 Å². The molecule has 1 aliphatic rings. The van der Waals surface area contributed by atoms with Gasteiger partial charge in [0.25, 0.3) is 0 Å². The van der Waals surface area contributed by atoms with Crippen LogP contribution in [0.25, 0.3) is 0 Å². The number of Topliss-reactive ketones (excluding diaryl/α,β-unsaturated/α-hetero) is 1. The van der Waals surface area contributed by atoms with Crippen molar-refractivity contribution in [2.45, 2.75) is 65.0 Å². The molecule has 108 valence electrons. The van der Waals surface area contributed by atoms with Crippen LogP contribution in [0.2, 0.25) is 0 Å². The number of ketones is 1. The highest BCUT2D eigenvalue weighted by Crippen LogP contribution is 2.27. The average molecular weight is 262 g/mol. The summed E-state index contributed by atoms with van der Waals surface area (Å²) in [6.07, 6.45) is -1.08. The maximum absolute atomic E-state index is 9.81. The SMILES string of the molecule is CCC(C)=O.CC[C@H]1C(C)O[C@H](CO)[C@H](O)[C@@H]1O. The number of hydrogen-bond acceptors (Lipinski definition) is 5. The van der Waals surface area contributed by atoms with Crippen LogP contribution in [0.5, 0.6) is 0 Å². The summed E-state index contributed by atoms with van der Waals surface area (Å²) in [5, 5.41) is 28.0. The number of aliphatic hydroxyl groups excluding tert-OH is 3. The van der Waals surface area contributed by atoms with E-state index in [1.807, 2.05) is 20.8 Å². The normalized spacial score (nSPS) is 35.6. The zero-order valence-electron chi connectivity index (χ0n) is 11.7. The molecule has 0 aromatic rings. The Bertz CT molecular complexity index is 244. The van der Waals surface area contributed by atoms with Crippen LogP contribution < -0.4 is 0 Å². The fraction of sp³-hybridized carbons (Fsp3) is 0.923. The Hall–Kier alpha value is -0.490. The van der Waals surface area contributed by atoms with Crippen LogP contribution in [0.4, 0.5) is 0 Å². The second-order valence-electron chi connectivity index (χ2n) is 4.67. The van der Waals surface area contributed by atoms with Crippen molar-refractivity contribution >= 4 is 5.78 Å². The fourth-order valence-corrected chi connectivity index (χ4v) is 1.93. The van der Waals surface area contributed by atoms with Gasteiger partial charge in [0.05, 0.1) is 18.8 Å². The van der Waals surface area contributed by atoms with Gasteiger partial charge in [-0.1, -0.05) is 13.8 Å². The van der Waals surface area contributed by atoms with Crippen molar-refractivity contribution in [2.75, 3.05) is 6.61 Å². The summed E-state index contributed by atoms with van der Waals surface area (Å²) in [5.74, 6) is 0.211. The van der Waals surface area contributed by atoms with Crippen molar-refractivity contribution in [2.24, 2.45) is 5.92 Å². The summed E-state index contributed by atoms with van der Waals surface area (Å²) in [6, 6.07) is 0. The van der Waals surface area contributed by atoms with E-state index in [0.29, 0.717) is 6.42 Å². The molecule has 0 saturated carbocycles. The van der Waals surface area contributed by atoms with E-state index in [9.17, 15) is 15.0 Å². The molecule has 1 fully saturated rings. The molecule has 0 amide bonds. The van der Waals surface area contributed by atoms with E-state index in [2.05, 4.69) is 0 Å². The van der Waals surface area contributed by atoms with Crippen molar-refractivity contribution < 1.29 is 24.9 Å². The quantitative estimate of drug-likeness (QED) is 0.689. The van der Waals surface area contributed by atoms with Gasteiger partial charge in [-0.05, 0) is 20.3 Å². The molecule has 1 rings (SSSR count). The van der Waals surface area contributed by atoms with Gasteiger partial charge in [0.15, 0.2) is 0 Å². The van der Waals surface area contributed by atoms with E-state index in [-0.39, 0.29) is 24.4 Å². The molecule has 1 heterocycles. The van der Waals surface area contributed by atoms with Crippen molar-refractivity contribution in [3.63, 3.8) is 0 Å². The van der Waals surface area contributed by atoms with Crippen LogP contribution in [-0.2, 0) is 9.53 Å². The maximum Gasteiger partial charge on any atom is 0.129 e. The molecule has 5 nitrogen and oxygen atoms in total. The number of ether oxygens (including phenoxy) is 1. The molecule has 3 N–H and O–H groups in total. The smallest absolute Gasteiger partial charge is 0.129 e. The van der Waals surface area contributed by atoms with E-state index < -0.39 is 18.3 Å². The Labute approximate surface area is 109 Å². The van der Waals surface area contributed by atoms with E-state index in [4.69, 9.17) is 9.84 Å². The van der Waals surface area contributed by atoms with Crippen LogP contribution in [0, 0.1) is 5.92 Å². The second-order valence-corrected chi connectivity index (χ2v) is 4.67. The first kappa shape index (κ1) is 17.5. The van der Waals surface area contributed by atoms with E-state index in [1.165, 1.54) is 0 Å². The molecule has 0 aromatic carbocycles. The fourth-order valence-electron chi connectivity index (χ4n) is 1.93. The molecule has 1 aliphatic heterocycles.